The summed E-state index contributed by atoms with van der Waals surface area (Å²) in [5.41, 5.74) is 2.24. The van der Waals surface area contributed by atoms with E-state index in [1.54, 1.807) is 19.5 Å². The van der Waals surface area contributed by atoms with Crippen LogP contribution in [0, 0.1) is 6.92 Å². The van der Waals surface area contributed by atoms with Gasteiger partial charge in [0, 0.05) is 19.2 Å². The van der Waals surface area contributed by atoms with Crippen LogP contribution in [0.25, 0.3) is 11.3 Å². The third-order valence-corrected chi connectivity index (χ3v) is 5.69. The lowest BCUT2D eigenvalue weighted by Crippen LogP contribution is -2.44. The summed E-state index contributed by atoms with van der Waals surface area (Å²) < 4.78 is 11.6. The molecule has 1 aliphatic rings. The summed E-state index contributed by atoms with van der Waals surface area (Å²) in [4.78, 5) is 11.2. The van der Waals surface area contributed by atoms with Gasteiger partial charge in [0.05, 0.1) is 25.0 Å². The van der Waals surface area contributed by atoms with Gasteiger partial charge >= 0.3 is 0 Å². The molecule has 1 atom stereocenters. The van der Waals surface area contributed by atoms with E-state index in [0.29, 0.717) is 24.9 Å². The lowest BCUT2D eigenvalue weighted by molar-refractivity contribution is 0.146. The van der Waals surface area contributed by atoms with Crippen molar-refractivity contribution in [2.24, 2.45) is 4.99 Å². The molecule has 0 radical (unpaired) electrons. The number of nitrogens with one attached hydrogen (secondary N) is 2. The summed E-state index contributed by atoms with van der Waals surface area (Å²) in [5, 5.41) is 6.73. The molecule has 1 fully saturated rings. The summed E-state index contributed by atoms with van der Waals surface area (Å²) in [5.74, 6) is 3.09. The minimum absolute atomic E-state index is 0.184. The Labute approximate surface area is 183 Å². The zero-order valence-corrected chi connectivity index (χ0v) is 18.3. The molecule has 3 heterocycles. The first kappa shape index (κ1) is 21.2. The Kier molecular flexibility index (Phi) is 7.04. The zero-order chi connectivity index (χ0) is 21.5. The standard InChI is InChI=1S/C24H31N5O2/c1-18-8-10-19(11-9-18)22-16-26-23(31-22)17-28-24(25-2)27-15-20(21-7-6-14-30-21)29-12-4-3-5-13-29/h6-11,14,16,20H,3-5,12-13,15,17H2,1-2H3,(H2,25,27,28). The van der Waals surface area contributed by atoms with E-state index in [2.05, 4.69) is 50.6 Å². The molecular weight excluding hydrogens is 390 g/mol. The molecule has 1 unspecified atom stereocenters. The molecule has 7 heteroatoms. The summed E-state index contributed by atoms with van der Waals surface area (Å²) in [6, 6.07) is 12.4. The fourth-order valence-corrected chi connectivity index (χ4v) is 3.94. The summed E-state index contributed by atoms with van der Waals surface area (Å²) in [6.07, 6.45) is 7.28. The van der Waals surface area contributed by atoms with Crippen LogP contribution in [0.5, 0.6) is 0 Å². The lowest BCUT2D eigenvalue weighted by atomic mass is 10.1. The van der Waals surface area contributed by atoms with Gasteiger partial charge in [-0.2, -0.15) is 0 Å². The first-order valence-electron chi connectivity index (χ1n) is 11.0. The Balaban J connectivity index is 1.33. The molecule has 4 rings (SSSR count). The molecule has 0 amide bonds. The van der Waals surface area contributed by atoms with Gasteiger partial charge in [-0.3, -0.25) is 9.89 Å². The molecule has 0 bridgehead atoms. The third kappa shape index (κ3) is 5.55. The first-order chi connectivity index (χ1) is 15.2. The van der Waals surface area contributed by atoms with Crippen LogP contribution in [-0.4, -0.2) is 42.5 Å². The van der Waals surface area contributed by atoms with E-state index in [9.17, 15) is 0 Å². The van der Waals surface area contributed by atoms with Gasteiger partial charge in [-0.25, -0.2) is 4.98 Å². The van der Waals surface area contributed by atoms with Crippen LogP contribution in [0.4, 0.5) is 0 Å². The number of benzene rings is 1. The monoisotopic (exact) mass is 421 g/mol. The van der Waals surface area contributed by atoms with Crippen LogP contribution < -0.4 is 10.6 Å². The molecule has 2 N–H and O–H groups in total. The smallest absolute Gasteiger partial charge is 0.214 e. The van der Waals surface area contributed by atoms with Crippen molar-refractivity contribution in [3.8, 4) is 11.3 Å². The van der Waals surface area contributed by atoms with Gasteiger partial charge in [0.1, 0.15) is 5.76 Å². The molecule has 0 aliphatic carbocycles. The predicted octanol–water partition coefficient (Wildman–Crippen LogP) is 4.14. The minimum Gasteiger partial charge on any atom is -0.468 e. The molecule has 0 spiro atoms. The summed E-state index contributed by atoms with van der Waals surface area (Å²) in [6.45, 7) is 5.43. The maximum absolute atomic E-state index is 5.90. The van der Waals surface area contributed by atoms with Crippen molar-refractivity contribution < 1.29 is 8.83 Å². The van der Waals surface area contributed by atoms with Gasteiger partial charge in [0.2, 0.25) is 5.89 Å². The second-order valence-corrected chi connectivity index (χ2v) is 7.92. The maximum atomic E-state index is 5.90. The molecule has 1 aromatic carbocycles. The lowest BCUT2D eigenvalue weighted by Gasteiger charge is -2.33. The average Bonchev–Trinajstić information content (AvgIpc) is 3.50. The number of aryl methyl sites for hydroxylation is 1. The molecular formula is C24H31N5O2. The Hall–Kier alpha value is -3.06. The highest BCUT2D eigenvalue weighted by Gasteiger charge is 2.24. The van der Waals surface area contributed by atoms with Gasteiger partial charge in [-0.1, -0.05) is 36.2 Å². The van der Waals surface area contributed by atoms with Crippen LogP contribution in [0.15, 0.2) is 62.7 Å². The molecule has 2 aromatic heterocycles. The summed E-state index contributed by atoms with van der Waals surface area (Å²) in [7, 11) is 1.77. The second kappa shape index (κ2) is 10.3. The highest BCUT2D eigenvalue weighted by Crippen LogP contribution is 2.24. The maximum Gasteiger partial charge on any atom is 0.214 e. The SMILES string of the molecule is CN=C(NCc1ncc(-c2ccc(C)cc2)o1)NCC(c1ccco1)N1CCCCC1. The van der Waals surface area contributed by atoms with Crippen molar-refractivity contribution in [2.45, 2.75) is 38.8 Å². The number of aliphatic imine (C=N–C) groups is 1. The molecule has 7 nitrogen and oxygen atoms in total. The average molecular weight is 422 g/mol. The first-order valence-corrected chi connectivity index (χ1v) is 11.0. The van der Waals surface area contributed by atoms with Gasteiger partial charge in [0.25, 0.3) is 0 Å². The number of aromatic nitrogens is 1. The van der Waals surface area contributed by atoms with E-state index >= 15 is 0 Å². The van der Waals surface area contributed by atoms with E-state index < -0.39 is 0 Å². The molecule has 3 aromatic rings. The van der Waals surface area contributed by atoms with E-state index in [1.807, 2.05) is 18.2 Å². The van der Waals surface area contributed by atoms with Crippen molar-refractivity contribution in [3.63, 3.8) is 0 Å². The highest BCUT2D eigenvalue weighted by atomic mass is 16.4. The van der Waals surface area contributed by atoms with Gasteiger partial charge in [0.15, 0.2) is 11.7 Å². The normalized spacial score (nSPS) is 16.3. The number of nitrogens with zero attached hydrogens (tertiary/aromatic N) is 3. The molecule has 1 saturated heterocycles. The Morgan fingerprint density at radius 2 is 1.94 bits per heavy atom. The van der Waals surface area contributed by atoms with Gasteiger partial charge < -0.3 is 19.5 Å². The number of hydrogen-bond donors (Lipinski definition) is 2. The van der Waals surface area contributed by atoms with Crippen LogP contribution in [-0.2, 0) is 6.54 Å². The predicted molar refractivity (Wildman–Crippen MR) is 122 cm³/mol. The minimum atomic E-state index is 0.184. The second-order valence-electron chi connectivity index (χ2n) is 7.92. The van der Waals surface area contributed by atoms with E-state index in [-0.39, 0.29) is 6.04 Å². The van der Waals surface area contributed by atoms with Crippen molar-refractivity contribution >= 4 is 5.96 Å². The molecule has 0 saturated carbocycles. The van der Waals surface area contributed by atoms with E-state index in [1.165, 1.54) is 24.8 Å². The largest absolute Gasteiger partial charge is 0.468 e. The number of rotatable bonds is 7. The highest BCUT2D eigenvalue weighted by molar-refractivity contribution is 5.79. The third-order valence-electron chi connectivity index (χ3n) is 5.69. The van der Waals surface area contributed by atoms with E-state index in [4.69, 9.17) is 8.83 Å². The van der Waals surface area contributed by atoms with Crippen molar-refractivity contribution in [1.82, 2.24) is 20.5 Å². The van der Waals surface area contributed by atoms with Crippen molar-refractivity contribution in [1.29, 1.82) is 0 Å². The van der Waals surface area contributed by atoms with Crippen LogP contribution in [0.3, 0.4) is 0 Å². The number of guanidine groups is 1. The summed E-state index contributed by atoms with van der Waals surface area (Å²) >= 11 is 0. The fraction of sp³-hybridized carbons (Fsp3) is 0.417. The van der Waals surface area contributed by atoms with Crippen molar-refractivity contribution in [2.75, 3.05) is 26.7 Å². The quantitative estimate of drug-likeness (QED) is 0.441. The molecule has 164 valence electrons. The number of furan rings is 1. The van der Waals surface area contributed by atoms with Gasteiger partial charge in [-0.15, -0.1) is 0 Å². The number of hydrogen-bond acceptors (Lipinski definition) is 5. The molecule has 1 aliphatic heterocycles. The van der Waals surface area contributed by atoms with Crippen LogP contribution in [0.2, 0.25) is 0 Å². The Bertz CT molecular complexity index is 956. The van der Waals surface area contributed by atoms with Crippen molar-refractivity contribution in [3.05, 3.63) is 66.1 Å². The van der Waals surface area contributed by atoms with Crippen LogP contribution >= 0.6 is 0 Å². The van der Waals surface area contributed by atoms with E-state index in [0.717, 1.165) is 30.2 Å². The Morgan fingerprint density at radius 3 is 2.65 bits per heavy atom. The number of likely N-dealkylation sites (tertiary alicyclic amines) is 1. The fourth-order valence-electron chi connectivity index (χ4n) is 3.94. The number of oxazole rings is 1. The topological polar surface area (TPSA) is 78.8 Å². The zero-order valence-electron chi connectivity index (χ0n) is 18.3. The Morgan fingerprint density at radius 1 is 1.13 bits per heavy atom. The number of piperidine rings is 1. The molecule has 31 heavy (non-hydrogen) atoms. The van der Waals surface area contributed by atoms with Crippen LogP contribution in [0.1, 0.15) is 42.5 Å². The van der Waals surface area contributed by atoms with Gasteiger partial charge in [-0.05, 0) is 45.0 Å².